The molecule has 2 amide bonds. The molecule has 0 bridgehead atoms. The van der Waals surface area contributed by atoms with Crippen LogP contribution in [0, 0.1) is 0 Å². The van der Waals surface area contributed by atoms with E-state index in [1.165, 1.54) is 17.0 Å². The van der Waals surface area contributed by atoms with Crippen LogP contribution in [-0.4, -0.2) is 81.5 Å². The van der Waals surface area contributed by atoms with Crippen LogP contribution in [0.15, 0.2) is 101 Å². The second-order valence-electron chi connectivity index (χ2n) is 14.3. The lowest BCUT2D eigenvalue weighted by atomic mass is 10.1. The van der Waals surface area contributed by atoms with E-state index in [2.05, 4.69) is 15.3 Å². The van der Waals surface area contributed by atoms with Crippen molar-refractivity contribution in [3.8, 4) is 11.5 Å². The van der Waals surface area contributed by atoms with E-state index in [1.54, 1.807) is 34.7 Å². The third-order valence-electron chi connectivity index (χ3n) is 10.2. The van der Waals surface area contributed by atoms with E-state index in [0.29, 0.717) is 44.2 Å². The second kappa shape index (κ2) is 21.7. The maximum absolute atomic E-state index is 13.3. The molecule has 7 rings (SSSR count). The Bertz CT molecular complexity index is 2390. The first-order valence-electron chi connectivity index (χ1n) is 19.6. The average Bonchev–Trinajstić information content (AvgIpc) is 3.29. The monoisotopic (exact) mass is 893 g/mol. The number of halogens is 3. The molecule has 3 aromatic carbocycles. The van der Waals surface area contributed by atoms with Gasteiger partial charge in [-0.15, -0.1) is 0 Å². The lowest BCUT2D eigenvalue weighted by Gasteiger charge is -2.33. The molecule has 2 aliphatic heterocycles. The van der Waals surface area contributed by atoms with Gasteiger partial charge in [0.05, 0.1) is 26.3 Å². The number of hydrogen-bond donors (Lipinski definition) is 1. The van der Waals surface area contributed by atoms with Crippen molar-refractivity contribution in [2.45, 2.75) is 57.5 Å². The molecule has 2 aromatic heterocycles. The van der Waals surface area contributed by atoms with Crippen LogP contribution >= 0.6 is 34.8 Å². The fraction of sp³-hybridized carbons (Fsp3) is 0.349. The molecule has 4 heterocycles. The quantitative estimate of drug-likeness (QED) is 0.137. The van der Waals surface area contributed by atoms with Gasteiger partial charge < -0.3 is 43.2 Å². The molecule has 5 aromatic rings. The van der Waals surface area contributed by atoms with Crippen molar-refractivity contribution in [2.24, 2.45) is 0 Å². The molecule has 1 N–H and O–H groups in total. The van der Waals surface area contributed by atoms with E-state index >= 15 is 0 Å². The first-order valence-corrected chi connectivity index (χ1v) is 20.7. The molecular formula is C43H46Cl3N7O8. The Hall–Kier alpha value is -5.77. The Morgan fingerprint density at radius 2 is 1.23 bits per heavy atom. The van der Waals surface area contributed by atoms with Gasteiger partial charge in [-0.05, 0) is 48.9 Å². The number of methoxy groups -OCH3 is 2. The van der Waals surface area contributed by atoms with Crippen LogP contribution in [0.25, 0.3) is 0 Å². The van der Waals surface area contributed by atoms with Crippen molar-refractivity contribution in [1.82, 2.24) is 28.9 Å². The highest BCUT2D eigenvalue weighted by molar-refractivity contribution is 6.32. The van der Waals surface area contributed by atoms with Gasteiger partial charge in [0.15, 0.2) is 11.0 Å². The third kappa shape index (κ3) is 12.2. The summed E-state index contributed by atoms with van der Waals surface area (Å²) in [4.78, 5) is 61.6. The van der Waals surface area contributed by atoms with Crippen LogP contribution in [-0.2, 0) is 29.2 Å². The predicted octanol–water partition coefficient (Wildman–Crippen LogP) is 8.02. The average molecular weight is 895 g/mol. The predicted molar refractivity (Wildman–Crippen MR) is 232 cm³/mol. The minimum absolute atomic E-state index is 0.129. The van der Waals surface area contributed by atoms with Gasteiger partial charge in [-0.2, -0.15) is 0 Å². The van der Waals surface area contributed by atoms with E-state index in [0.717, 1.165) is 42.4 Å². The number of nitrogens with one attached hydrogen (secondary N) is 1. The summed E-state index contributed by atoms with van der Waals surface area (Å²) >= 11 is 18.0. The fourth-order valence-electron chi connectivity index (χ4n) is 7.08. The van der Waals surface area contributed by atoms with Crippen molar-refractivity contribution < 1.29 is 28.5 Å². The van der Waals surface area contributed by atoms with E-state index in [9.17, 15) is 19.2 Å². The lowest BCUT2D eigenvalue weighted by molar-refractivity contribution is 0.0793. The van der Waals surface area contributed by atoms with E-state index in [4.69, 9.17) is 53.8 Å². The summed E-state index contributed by atoms with van der Waals surface area (Å²) in [7, 11) is 3.16. The minimum Gasteiger partial charge on any atom is -0.497 e. The maximum atomic E-state index is 13.3. The Morgan fingerprint density at radius 3 is 1.75 bits per heavy atom. The summed E-state index contributed by atoms with van der Waals surface area (Å²) in [5.41, 5.74) is 1.96. The fourth-order valence-corrected chi connectivity index (χ4v) is 7.69. The summed E-state index contributed by atoms with van der Waals surface area (Å²) in [6.45, 7) is 2.59. The first kappa shape index (κ1) is 44.8. The molecule has 15 nitrogen and oxygen atoms in total. The summed E-state index contributed by atoms with van der Waals surface area (Å²) in [6.07, 6.45) is 5.16. The largest absolute Gasteiger partial charge is 0.497 e. The van der Waals surface area contributed by atoms with Crippen LogP contribution in [0.1, 0.15) is 54.5 Å². The first-order chi connectivity index (χ1) is 29.5. The molecule has 61 heavy (non-hydrogen) atoms. The van der Waals surface area contributed by atoms with Crippen molar-refractivity contribution in [3.63, 3.8) is 0 Å². The summed E-state index contributed by atoms with van der Waals surface area (Å²) in [6, 6.07) is 24.0. The number of rotatable bonds is 11. The number of hydrogen-bond acceptors (Lipinski definition) is 11. The number of amides is 2. The summed E-state index contributed by atoms with van der Waals surface area (Å²) < 4.78 is 24.5. The zero-order valence-electron chi connectivity index (χ0n) is 33.7. The zero-order valence-corrected chi connectivity index (χ0v) is 35.9. The number of carbonyl (C=O) groups is 2. The number of ether oxygens (including phenoxy) is 4. The van der Waals surface area contributed by atoms with Crippen molar-refractivity contribution >= 4 is 52.8 Å². The van der Waals surface area contributed by atoms with Crippen LogP contribution in [0.4, 0.5) is 15.4 Å². The Balaban J connectivity index is 0.000000218. The van der Waals surface area contributed by atoms with Crippen LogP contribution in [0.5, 0.6) is 11.5 Å². The molecule has 2 fully saturated rings. The van der Waals surface area contributed by atoms with Crippen LogP contribution in [0.2, 0.25) is 15.5 Å². The topological polar surface area (TPSA) is 159 Å². The normalized spacial score (nSPS) is 16.1. The number of anilines is 1. The van der Waals surface area contributed by atoms with Gasteiger partial charge in [-0.25, -0.2) is 19.6 Å². The third-order valence-corrected chi connectivity index (χ3v) is 10.8. The molecule has 2 unspecified atom stereocenters. The molecule has 2 aliphatic rings. The summed E-state index contributed by atoms with van der Waals surface area (Å²) in [5.74, 6) is 1.42. The smallest absolute Gasteiger partial charge is 0.410 e. The maximum Gasteiger partial charge on any atom is 0.410 e. The Morgan fingerprint density at radius 1 is 0.705 bits per heavy atom. The van der Waals surface area contributed by atoms with Crippen molar-refractivity contribution in [2.75, 3.05) is 45.7 Å². The number of aromatic nitrogens is 4. The summed E-state index contributed by atoms with van der Waals surface area (Å²) in [5, 5.41) is 3.24. The standard InChI is InChI=1S/C26H29ClN4O5.C17H17Cl2N3O3/c1-34-21-11-10-19(22(13-21)35-2)14-28-24-25(32)31(16-23(27)29-24)20-9-6-12-30(15-20)26(33)36-17-18-7-4-3-5-8-18;18-14-10-22(16(23)15(19)20-14)13-7-4-8-21(9-13)17(24)25-11-12-5-2-1-3-6-12/h3-5,7-8,10-11,13,16,20H,6,9,12,14-15,17H2,1-2H3,(H,28,29);1-3,5-6,10,13H,4,7-9,11H2. The minimum atomic E-state index is -0.407. The van der Waals surface area contributed by atoms with E-state index in [-0.39, 0.29) is 52.1 Å². The molecule has 2 saturated heterocycles. The molecule has 18 heteroatoms. The molecule has 0 radical (unpaired) electrons. The Kier molecular flexibility index (Phi) is 15.9. The van der Waals surface area contributed by atoms with Gasteiger partial charge in [0.25, 0.3) is 11.1 Å². The Labute approximate surface area is 367 Å². The number of likely N-dealkylation sites (tertiary alicyclic amines) is 2. The molecule has 0 aliphatic carbocycles. The number of benzene rings is 3. The van der Waals surface area contributed by atoms with Gasteiger partial charge in [0, 0.05) is 56.7 Å². The number of nitrogens with zero attached hydrogens (tertiary/aromatic N) is 6. The van der Waals surface area contributed by atoms with Gasteiger partial charge >= 0.3 is 12.2 Å². The zero-order chi connectivity index (χ0) is 43.3. The van der Waals surface area contributed by atoms with Gasteiger partial charge in [-0.3, -0.25) is 9.59 Å². The van der Waals surface area contributed by atoms with E-state index < -0.39 is 17.7 Å². The van der Waals surface area contributed by atoms with E-state index in [1.807, 2.05) is 72.8 Å². The second-order valence-corrected chi connectivity index (χ2v) is 15.4. The lowest BCUT2D eigenvalue weighted by Crippen LogP contribution is -2.43. The SMILES string of the molecule is COc1ccc(CNc2nc(Cl)cn(C3CCCN(C(=O)OCc4ccccc4)C3)c2=O)c(OC)c1.O=C(OCc1ccccc1)N1CCCC(n2cc(Cl)nc(Cl)c2=O)C1. The highest BCUT2D eigenvalue weighted by atomic mass is 35.5. The molecule has 2 atom stereocenters. The highest BCUT2D eigenvalue weighted by Crippen LogP contribution is 2.27. The van der Waals surface area contributed by atoms with Crippen LogP contribution < -0.4 is 25.9 Å². The van der Waals surface area contributed by atoms with Crippen LogP contribution in [0.3, 0.4) is 0 Å². The number of piperidine rings is 2. The van der Waals surface area contributed by atoms with Crippen molar-refractivity contribution in [3.05, 3.63) is 144 Å². The molecular weight excluding hydrogens is 849 g/mol. The number of carbonyl (C=O) groups excluding carboxylic acids is 2. The molecule has 322 valence electrons. The molecule has 0 saturated carbocycles. The van der Waals surface area contributed by atoms with Gasteiger partial charge in [0.2, 0.25) is 0 Å². The highest BCUT2D eigenvalue weighted by Gasteiger charge is 2.29. The van der Waals surface area contributed by atoms with Gasteiger partial charge in [0.1, 0.15) is 35.0 Å². The van der Waals surface area contributed by atoms with Gasteiger partial charge in [-0.1, -0.05) is 95.5 Å². The molecule has 0 spiro atoms. The van der Waals surface area contributed by atoms with Crippen molar-refractivity contribution in [1.29, 1.82) is 0 Å².